The fraction of sp³-hybridized carbons (Fsp3) is 0.769. The molecule has 2 unspecified atom stereocenters. The summed E-state index contributed by atoms with van der Waals surface area (Å²) < 4.78 is 28.3. The number of alkyl halides is 2. The summed E-state index contributed by atoms with van der Waals surface area (Å²) in [6.45, 7) is 2.62. The van der Waals surface area contributed by atoms with E-state index in [0.717, 1.165) is 12.1 Å². The highest BCUT2D eigenvalue weighted by atomic mass is 19.3. The summed E-state index contributed by atoms with van der Waals surface area (Å²) >= 11 is 0. The van der Waals surface area contributed by atoms with Gasteiger partial charge in [0.25, 0.3) is 0 Å². The molecule has 0 spiro atoms. The van der Waals surface area contributed by atoms with E-state index in [2.05, 4.69) is 5.10 Å². The van der Waals surface area contributed by atoms with E-state index in [9.17, 15) is 13.9 Å². The van der Waals surface area contributed by atoms with Crippen LogP contribution in [0.4, 0.5) is 8.78 Å². The molecule has 0 aliphatic heterocycles. The standard InChI is InChI=1S/C13H20F2N2O/c1-2-17-11(5-7-16-17)12(18)8-10-4-3-6-13(14,15)9-10/h5,7,10,12,18H,2-4,6,8-9H2,1H3. The van der Waals surface area contributed by atoms with E-state index in [4.69, 9.17) is 0 Å². The molecule has 1 aliphatic rings. The summed E-state index contributed by atoms with van der Waals surface area (Å²) in [6, 6.07) is 1.76. The van der Waals surface area contributed by atoms with Gasteiger partial charge in [-0.25, -0.2) is 8.78 Å². The lowest BCUT2D eigenvalue weighted by Crippen LogP contribution is -2.27. The van der Waals surface area contributed by atoms with Crippen LogP contribution in [0.15, 0.2) is 12.3 Å². The molecule has 1 saturated carbocycles. The van der Waals surface area contributed by atoms with E-state index < -0.39 is 12.0 Å². The van der Waals surface area contributed by atoms with Gasteiger partial charge in [-0.1, -0.05) is 0 Å². The Kier molecular flexibility index (Phi) is 4.00. The van der Waals surface area contributed by atoms with Crippen LogP contribution in [-0.4, -0.2) is 20.8 Å². The Morgan fingerprint density at radius 2 is 2.39 bits per heavy atom. The van der Waals surface area contributed by atoms with Gasteiger partial charge in [0, 0.05) is 25.6 Å². The SMILES string of the molecule is CCn1nccc1C(O)CC1CCCC(F)(F)C1. The minimum absolute atomic E-state index is 0.00745. The van der Waals surface area contributed by atoms with Crippen LogP contribution in [0.5, 0.6) is 0 Å². The van der Waals surface area contributed by atoms with Crippen molar-refractivity contribution in [2.24, 2.45) is 5.92 Å². The van der Waals surface area contributed by atoms with Crippen LogP contribution in [0.2, 0.25) is 0 Å². The second kappa shape index (κ2) is 5.34. The largest absolute Gasteiger partial charge is 0.387 e. The molecule has 2 rings (SSSR count). The van der Waals surface area contributed by atoms with Crippen molar-refractivity contribution in [3.05, 3.63) is 18.0 Å². The van der Waals surface area contributed by atoms with Crippen molar-refractivity contribution in [3.63, 3.8) is 0 Å². The normalized spacial score (nSPS) is 25.0. The van der Waals surface area contributed by atoms with Crippen LogP contribution in [0, 0.1) is 5.92 Å². The van der Waals surface area contributed by atoms with Crippen LogP contribution in [0.25, 0.3) is 0 Å². The van der Waals surface area contributed by atoms with Gasteiger partial charge in [0.15, 0.2) is 0 Å². The Morgan fingerprint density at radius 3 is 3.06 bits per heavy atom. The van der Waals surface area contributed by atoms with Gasteiger partial charge in [-0.15, -0.1) is 0 Å². The molecule has 0 radical (unpaired) electrons. The zero-order chi connectivity index (χ0) is 13.2. The lowest BCUT2D eigenvalue weighted by atomic mass is 9.83. The molecule has 0 saturated heterocycles. The van der Waals surface area contributed by atoms with Crippen LogP contribution < -0.4 is 0 Å². The first kappa shape index (κ1) is 13.5. The molecule has 3 nitrogen and oxygen atoms in total. The van der Waals surface area contributed by atoms with Crippen molar-refractivity contribution >= 4 is 0 Å². The molecule has 5 heteroatoms. The molecule has 1 N–H and O–H groups in total. The number of aryl methyl sites for hydroxylation is 1. The lowest BCUT2D eigenvalue weighted by Gasteiger charge is -2.30. The minimum Gasteiger partial charge on any atom is -0.387 e. The molecule has 1 fully saturated rings. The van der Waals surface area contributed by atoms with Crippen LogP contribution in [0.3, 0.4) is 0 Å². The average molecular weight is 258 g/mol. The third-order valence-corrected chi connectivity index (χ3v) is 3.69. The second-order valence-electron chi connectivity index (χ2n) is 5.14. The highest BCUT2D eigenvalue weighted by Gasteiger charge is 2.37. The maximum absolute atomic E-state index is 13.3. The number of nitrogens with zero attached hydrogens (tertiary/aromatic N) is 2. The van der Waals surface area contributed by atoms with E-state index in [1.807, 2.05) is 6.92 Å². The van der Waals surface area contributed by atoms with Gasteiger partial charge in [0.1, 0.15) is 0 Å². The van der Waals surface area contributed by atoms with Crippen molar-refractivity contribution in [1.29, 1.82) is 0 Å². The van der Waals surface area contributed by atoms with Crippen LogP contribution >= 0.6 is 0 Å². The Morgan fingerprint density at radius 1 is 1.61 bits per heavy atom. The summed E-state index contributed by atoms with van der Waals surface area (Å²) in [7, 11) is 0. The molecule has 0 aromatic carbocycles. The molecule has 1 aliphatic carbocycles. The molecule has 1 heterocycles. The van der Waals surface area contributed by atoms with Gasteiger partial charge < -0.3 is 5.11 Å². The maximum Gasteiger partial charge on any atom is 0.248 e. The number of aromatic nitrogens is 2. The van der Waals surface area contributed by atoms with E-state index in [0.29, 0.717) is 19.4 Å². The molecule has 0 bridgehead atoms. The molecule has 18 heavy (non-hydrogen) atoms. The highest BCUT2D eigenvalue weighted by molar-refractivity contribution is 5.04. The molecule has 1 aromatic heterocycles. The lowest BCUT2D eigenvalue weighted by molar-refractivity contribution is -0.0594. The monoisotopic (exact) mass is 258 g/mol. The number of aliphatic hydroxyl groups is 1. The van der Waals surface area contributed by atoms with Gasteiger partial charge in [-0.3, -0.25) is 4.68 Å². The first-order valence-corrected chi connectivity index (χ1v) is 6.59. The Labute approximate surface area is 106 Å². The van der Waals surface area contributed by atoms with Crippen molar-refractivity contribution < 1.29 is 13.9 Å². The third-order valence-electron chi connectivity index (χ3n) is 3.69. The van der Waals surface area contributed by atoms with Crippen molar-refractivity contribution in [3.8, 4) is 0 Å². The quantitative estimate of drug-likeness (QED) is 0.901. The van der Waals surface area contributed by atoms with Crippen molar-refractivity contribution in [2.75, 3.05) is 0 Å². The number of halogens is 2. The van der Waals surface area contributed by atoms with Gasteiger partial charge in [-0.2, -0.15) is 5.10 Å². The zero-order valence-corrected chi connectivity index (χ0v) is 10.6. The third kappa shape index (κ3) is 3.07. The van der Waals surface area contributed by atoms with Gasteiger partial charge in [0.05, 0.1) is 11.8 Å². The fourth-order valence-electron chi connectivity index (χ4n) is 2.80. The number of hydrogen-bond acceptors (Lipinski definition) is 2. The smallest absolute Gasteiger partial charge is 0.248 e. The molecule has 102 valence electrons. The summed E-state index contributed by atoms with van der Waals surface area (Å²) in [6.07, 6.45) is 2.59. The van der Waals surface area contributed by atoms with Gasteiger partial charge in [-0.05, 0) is 38.2 Å². The van der Waals surface area contributed by atoms with E-state index in [1.54, 1.807) is 16.9 Å². The zero-order valence-electron chi connectivity index (χ0n) is 10.6. The van der Waals surface area contributed by atoms with Crippen molar-refractivity contribution in [1.82, 2.24) is 9.78 Å². The van der Waals surface area contributed by atoms with E-state index in [1.165, 1.54) is 0 Å². The number of aliphatic hydroxyl groups excluding tert-OH is 1. The minimum atomic E-state index is -2.55. The van der Waals surface area contributed by atoms with E-state index in [-0.39, 0.29) is 18.8 Å². The predicted molar refractivity (Wildman–Crippen MR) is 64.4 cm³/mol. The Hall–Kier alpha value is -0.970. The molecule has 0 amide bonds. The fourth-order valence-corrected chi connectivity index (χ4v) is 2.80. The molecular weight excluding hydrogens is 238 g/mol. The maximum atomic E-state index is 13.3. The summed E-state index contributed by atoms with van der Waals surface area (Å²) in [5.41, 5.74) is 0.728. The van der Waals surface area contributed by atoms with E-state index >= 15 is 0 Å². The highest BCUT2D eigenvalue weighted by Crippen LogP contribution is 2.40. The molecule has 1 aromatic rings. The molecular formula is C13H20F2N2O. The van der Waals surface area contributed by atoms with Gasteiger partial charge >= 0.3 is 0 Å². The van der Waals surface area contributed by atoms with Crippen LogP contribution in [-0.2, 0) is 6.54 Å². The van der Waals surface area contributed by atoms with Crippen molar-refractivity contribution in [2.45, 2.75) is 57.6 Å². The Balaban J connectivity index is 1.97. The summed E-state index contributed by atoms with van der Waals surface area (Å²) in [4.78, 5) is 0. The summed E-state index contributed by atoms with van der Waals surface area (Å²) in [5, 5.41) is 14.2. The summed E-state index contributed by atoms with van der Waals surface area (Å²) in [5.74, 6) is -2.64. The first-order chi connectivity index (χ1) is 8.52. The Bertz CT molecular complexity index is 392. The van der Waals surface area contributed by atoms with Crippen LogP contribution in [0.1, 0.15) is 50.8 Å². The number of rotatable bonds is 4. The number of hydrogen-bond donors (Lipinski definition) is 1. The first-order valence-electron chi connectivity index (χ1n) is 6.59. The second-order valence-corrected chi connectivity index (χ2v) is 5.14. The molecule has 2 atom stereocenters. The topological polar surface area (TPSA) is 38.0 Å². The average Bonchev–Trinajstić information content (AvgIpc) is 2.75. The van der Waals surface area contributed by atoms with Gasteiger partial charge in [0.2, 0.25) is 5.92 Å². The predicted octanol–water partition coefficient (Wildman–Crippen LogP) is 3.15.